The molecule has 1 atom stereocenters. The van der Waals surface area contributed by atoms with Gasteiger partial charge in [-0.15, -0.1) is 0 Å². The molecule has 0 aromatic rings. The molecule has 0 aliphatic rings. The average Bonchev–Trinajstić information content (AvgIpc) is 2.24. The minimum absolute atomic E-state index is 0.140. The van der Waals surface area contributed by atoms with Crippen molar-refractivity contribution in [3.63, 3.8) is 0 Å². The second-order valence-electron chi connectivity index (χ2n) is 6.29. The molecular weight excluding hydrogens is 260 g/mol. The molecule has 2 N–H and O–H groups in total. The molecule has 0 unspecified atom stereocenters. The second kappa shape index (κ2) is 8.44. The molecule has 0 fully saturated rings. The van der Waals surface area contributed by atoms with Crippen LogP contribution in [0.2, 0.25) is 0 Å². The highest BCUT2D eigenvalue weighted by atomic mass is 16.6. The zero-order valence-electron chi connectivity index (χ0n) is 13.7. The Morgan fingerprint density at radius 3 is 2.40 bits per heavy atom. The number of ether oxygens (including phenoxy) is 2. The van der Waals surface area contributed by atoms with Crippen molar-refractivity contribution in [1.29, 1.82) is 0 Å². The lowest BCUT2D eigenvalue weighted by atomic mass is 10.1. The van der Waals surface area contributed by atoms with Gasteiger partial charge in [0.25, 0.3) is 0 Å². The van der Waals surface area contributed by atoms with Crippen molar-refractivity contribution in [2.75, 3.05) is 39.9 Å². The van der Waals surface area contributed by atoms with Gasteiger partial charge >= 0.3 is 6.09 Å². The third-order valence-corrected chi connectivity index (χ3v) is 2.44. The van der Waals surface area contributed by atoms with Crippen LogP contribution in [0.25, 0.3) is 0 Å². The number of amides is 1. The fraction of sp³-hybridized carbons (Fsp3) is 0.929. The number of aliphatic hydroxyl groups is 1. The number of carbonyl (C=O) groups excluding carboxylic acids is 1. The summed E-state index contributed by atoms with van der Waals surface area (Å²) in [5.74, 6) is 0. The van der Waals surface area contributed by atoms with Crippen LogP contribution in [0, 0.1) is 0 Å². The summed E-state index contributed by atoms with van der Waals surface area (Å²) in [5, 5.41) is 12.8. The highest BCUT2D eigenvalue weighted by molar-refractivity contribution is 5.67. The second-order valence-corrected chi connectivity index (χ2v) is 6.29. The van der Waals surface area contributed by atoms with E-state index in [4.69, 9.17) is 9.47 Å². The fourth-order valence-corrected chi connectivity index (χ4v) is 1.66. The zero-order chi connectivity index (χ0) is 15.8. The molecule has 1 amide bonds. The quantitative estimate of drug-likeness (QED) is 0.658. The van der Waals surface area contributed by atoms with Gasteiger partial charge in [-0.1, -0.05) is 0 Å². The van der Waals surface area contributed by atoms with E-state index >= 15 is 0 Å². The Morgan fingerprint density at radius 1 is 1.30 bits per heavy atom. The molecule has 6 nitrogen and oxygen atoms in total. The third-order valence-electron chi connectivity index (χ3n) is 2.44. The summed E-state index contributed by atoms with van der Waals surface area (Å²) < 4.78 is 10.4. The molecule has 0 aliphatic heterocycles. The normalized spacial score (nSPS) is 15.0. The van der Waals surface area contributed by atoms with Crippen molar-refractivity contribution < 1.29 is 19.4 Å². The molecule has 0 aliphatic carbocycles. The van der Waals surface area contributed by atoms with Gasteiger partial charge < -0.3 is 24.8 Å². The average molecular weight is 290 g/mol. The maximum atomic E-state index is 11.5. The predicted molar refractivity (Wildman–Crippen MR) is 78.9 cm³/mol. The van der Waals surface area contributed by atoms with Gasteiger partial charge in [-0.2, -0.15) is 0 Å². The van der Waals surface area contributed by atoms with Gasteiger partial charge in [0, 0.05) is 19.7 Å². The molecule has 0 radical (unpaired) electrons. The van der Waals surface area contributed by atoms with E-state index in [0.717, 1.165) is 6.54 Å². The molecule has 0 aromatic heterocycles. The summed E-state index contributed by atoms with van der Waals surface area (Å²) in [7, 11) is 1.90. The first kappa shape index (κ1) is 19.1. The van der Waals surface area contributed by atoms with E-state index in [1.54, 1.807) is 27.7 Å². The lowest BCUT2D eigenvalue weighted by Crippen LogP contribution is -2.49. The number of hydrogen-bond donors (Lipinski definition) is 2. The summed E-state index contributed by atoms with van der Waals surface area (Å²) in [6.07, 6.45) is -0.519. The smallest absolute Gasteiger partial charge is 0.407 e. The largest absolute Gasteiger partial charge is 0.444 e. The Bertz CT molecular complexity index is 287. The molecular formula is C14H30N2O4. The van der Waals surface area contributed by atoms with E-state index in [1.807, 2.05) is 18.9 Å². The summed E-state index contributed by atoms with van der Waals surface area (Å²) in [6, 6.07) is 0. The van der Waals surface area contributed by atoms with Crippen molar-refractivity contribution in [3.8, 4) is 0 Å². The number of nitrogens with zero attached hydrogens (tertiary/aromatic N) is 1. The first-order chi connectivity index (χ1) is 9.06. The van der Waals surface area contributed by atoms with Gasteiger partial charge in [-0.3, -0.25) is 0 Å². The standard InChI is InChI=1S/C14H30N2O4/c1-7-19-9-8-16(6)11-14(5,18)10-15-12(17)20-13(2,3)4/h18H,7-11H2,1-6H3,(H,15,17)/t14-/m1/s1. The topological polar surface area (TPSA) is 71.0 Å². The molecule has 0 heterocycles. The molecule has 0 aromatic carbocycles. The number of likely N-dealkylation sites (N-methyl/N-ethyl adjacent to an activating group) is 1. The fourth-order valence-electron chi connectivity index (χ4n) is 1.66. The summed E-state index contributed by atoms with van der Waals surface area (Å²) in [6.45, 7) is 11.6. The monoisotopic (exact) mass is 290 g/mol. The number of carbonyl (C=O) groups is 1. The molecule has 0 bridgehead atoms. The van der Waals surface area contributed by atoms with Crippen LogP contribution >= 0.6 is 0 Å². The molecule has 0 saturated heterocycles. The molecule has 6 heteroatoms. The summed E-state index contributed by atoms with van der Waals surface area (Å²) in [5.41, 5.74) is -1.55. The molecule has 120 valence electrons. The van der Waals surface area contributed by atoms with Crippen molar-refractivity contribution in [1.82, 2.24) is 10.2 Å². The Balaban J connectivity index is 4.02. The maximum Gasteiger partial charge on any atom is 0.407 e. The number of nitrogens with one attached hydrogen (secondary N) is 1. The van der Waals surface area contributed by atoms with Crippen LogP contribution in [0.1, 0.15) is 34.6 Å². The van der Waals surface area contributed by atoms with Crippen LogP contribution in [0.3, 0.4) is 0 Å². The van der Waals surface area contributed by atoms with E-state index in [-0.39, 0.29) is 6.54 Å². The van der Waals surface area contributed by atoms with Gasteiger partial charge in [-0.05, 0) is 41.7 Å². The minimum Gasteiger partial charge on any atom is -0.444 e. The highest BCUT2D eigenvalue weighted by Gasteiger charge is 2.24. The first-order valence-corrected chi connectivity index (χ1v) is 7.01. The van der Waals surface area contributed by atoms with Crippen LogP contribution < -0.4 is 5.32 Å². The molecule has 0 saturated carbocycles. The zero-order valence-corrected chi connectivity index (χ0v) is 13.7. The van der Waals surface area contributed by atoms with Gasteiger partial charge in [-0.25, -0.2) is 4.79 Å². The Morgan fingerprint density at radius 2 is 1.90 bits per heavy atom. The summed E-state index contributed by atoms with van der Waals surface area (Å²) in [4.78, 5) is 13.5. The van der Waals surface area contributed by atoms with Crippen molar-refractivity contribution in [2.45, 2.75) is 45.8 Å². The van der Waals surface area contributed by atoms with E-state index in [0.29, 0.717) is 19.8 Å². The molecule has 20 heavy (non-hydrogen) atoms. The lowest BCUT2D eigenvalue weighted by molar-refractivity contribution is 0.0109. The van der Waals surface area contributed by atoms with Gasteiger partial charge in [0.2, 0.25) is 0 Å². The lowest BCUT2D eigenvalue weighted by Gasteiger charge is -2.29. The van der Waals surface area contributed by atoms with Crippen LogP contribution in [-0.2, 0) is 9.47 Å². The Labute approximate surface area is 122 Å². The predicted octanol–water partition coefficient (Wildman–Crippen LogP) is 1.23. The van der Waals surface area contributed by atoms with E-state index < -0.39 is 17.3 Å². The number of rotatable bonds is 8. The Kier molecular flexibility index (Phi) is 8.08. The highest BCUT2D eigenvalue weighted by Crippen LogP contribution is 2.08. The molecule has 0 spiro atoms. The third kappa shape index (κ3) is 11.0. The van der Waals surface area contributed by atoms with Gasteiger partial charge in [0.15, 0.2) is 0 Å². The Hall–Kier alpha value is -0.850. The first-order valence-electron chi connectivity index (χ1n) is 7.01. The van der Waals surface area contributed by atoms with E-state index in [2.05, 4.69) is 5.32 Å². The molecule has 0 rings (SSSR count). The van der Waals surface area contributed by atoms with Crippen LogP contribution in [-0.4, -0.2) is 67.2 Å². The SMILES string of the molecule is CCOCCN(C)C[C@](C)(O)CNC(=O)OC(C)(C)C. The number of hydrogen-bond acceptors (Lipinski definition) is 5. The van der Waals surface area contributed by atoms with Crippen molar-refractivity contribution in [2.24, 2.45) is 0 Å². The van der Waals surface area contributed by atoms with Crippen LogP contribution in [0.4, 0.5) is 4.79 Å². The van der Waals surface area contributed by atoms with E-state index in [1.165, 1.54) is 0 Å². The van der Waals surface area contributed by atoms with Gasteiger partial charge in [0.1, 0.15) is 5.60 Å². The minimum atomic E-state index is -1.02. The van der Waals surface area contributed by atoms with Crippen LogP contribution in [0.5, 0.6) is 0 Å². The maximum absolute atomic E-state index is 11.5. The number of alkyl carbamates (subject to hydrolysis) is 1. The van der Waals surface area contributed by atoms with Gasteiger partial charge in [0.05, 0.1) is 18.8 Å². The van der Waals surface area contributed by atoms with Crippen molar-refractivity contribution >= 4 is 6.09 Å². The summed E-state index contributed by atoms with van der Waals surface area (Å²) >= 11 is 0. The van der Waals surface area contributed by atoms with Crippen LogP contribution in [0.15, 0.2) is 0 Å². The van der Waals surface area contributed by atoms with E-state index in [9.17, 15) is 9.90 Å². The van der Waals surface area contributed by atoms with Crippen molar-refractivity contribution in [3.05, 3.63) is 0 Å².